The van der Waals surface area contributed by atoms with Crippen LogP contribution in [0.25, 0.3) is 0 Å². The van der Waals surface area contributed by atoms with Gasteiger partial charge < -0.3 is 20.5 Å². The van der Waals surface area contributed by atoms with Crippen LogP contribution in [0.2, 0.25) is 0 Å². The van der Waals surface area contributed by atoms with E-state index in [2.05, 4.69) is 15.0 Å². The Balaban J connectivity index is 1.96. The summed E-state index contributed by atoms with van der Waals surface area (Å²) in [5.74, 6) is 0.557. The number of nitrogens with one attached hydrogen (secondary N) is 1. The molecule has 2 rings (SSSR count). The number of benzene rings is 2. The van der Waals surface area contributed by atoms with Crippen molar-refractivity contribution < 1.29 is 18.3 Å². The maximum Gasteiger partial charge on any atom is 0.387 e. The highest BCUT2D eigenvalue weighted by Crippen LogP contribution is 2.29. The van der Waals surface area contributed by atoms with Gasteiger partial charge in [0.05, 0.1) is 7.11 Å². The molecule has 0 fully saturated rings. The number of rotatable bonds is 7. The van der Waals surface area contributed by atoms with Crippen LogP contribution >= 0.6 is 0 Å². The van der Waals surface area contributed by atoms with Gasteiger partial charge in [-0.15, -0.1) is 0 Å². The summed E-state index contributed by atoms with van der Waals surface area (Å²) in [7, 11) is 1.40. The van der Waals surface area contributed by atoms with Gasteiger partial charge in [0.25, 0.3) is 0 Å². The standard InChI is InChI=1S/C18H21F2N3O2/c1-12-4-3-5-14(10-12)23-18(21)22-9-8-13-6-7-15(24-2)16(11-13)25-17(19)20/h3-7,10-11,17H,8-9H2,1-2H3,(H3,21,22,23). The molecule has 0 radical (unpaired) electrons. The van der Waals surface area contributed by atoms with Crippen LogP contribution in [-0.2, 0) is 6.42 Å². The third-order valence-electron chi connectivity index (χ3n) is 3.42. The molecule has 2 aromatic carbocycles. The van der Waals surface area contributed by atoms with Crippen molar-refractivity contribution in [3.8, 4) is 11.5 Å². The predicted molar refractivity (Wildman–Crippen MR) is 94.6 cm³/mol. The van der Waals surface area contributed by atoms with Crippen LogP contribution < -0.4 is 20.5 Å². The summed E-state index contributed by atoms with van der Waals surface area (Å²) >= 11 is 0. The topological polar surface area (TPSA) is 68.9 Å². The van der Waals surface area contributed by atoms with E-state index < -0.39 is 6.61 Å². The molecule has 25 heavy (non-hydrogen) atoms. The molecule has 0 bridgehead atoms. The van der Waals surface area contributed by atoms with E-state index in [0.717, 1.165) is 16.8 Å². The second kappa shape index (κ2) is 8.86. The molecule has 0 spiro atoms. The van der Waals surface area contributed by atoms with Gasteiger partial charge in [-0.05, 0) is 48.7 Å². The minimum Gasteiger partial charge on any atom is -0.493 e. The SMILES string of the molecule is COc1ccc(CCN=C(N)Nc2cccc(C)c2)cc1OC(F)F. The maximum absolute atomic E-state index is 12.4. The number of halogens is 2. The van der Waals surface area contributed by atoms with Crippen LogP contribution in [0.1, 0.15) is 11.1 Å². The monoisotopic (exact) mass is 349 g/mol. The van der Waals surface area contributed by atoms with Gasteiger partial charge in [0.2, 0.25) is 0 Å². The minimum atomic E-state index is -2.91. The number of nitrogens with zero attached hydrogens (tertiary/aromatic N) is 1. The molecular formula is C18H21F2N3O2. The molecule has 5 nitrogen and oxygen atoms in total. The molecule has 7 heteroatoms. The molecule has 0 amide bonds. The van der Waals surface area contributed by atoms with E-state index >= 15 is 0 Å². The van der Waals surface area contributed by atoms with E-state index in [1.165, 1.54) is 13.2 Å². The third kappa shape index (κ3) is 5.95. The molecule has 0 saturated heterocycles. The van der Waals surface area contributed by atoms with Gasteiger partial charge in [-0.3, -0.25) is 4.99 Å². The number of aryl methyl sites for hydroxylation is 1. The first-order valence-electron chi connectivity index (χ1n) is 7.73. The van der Waals surface area contributed by atoms with Crippen molar-refractivity contribution in [3.05, 3.63) is 53.6 Å². The molecule has 0 unspecified atom stereocenters. The number of hydrogen-bond acceptors (Lipinski definition) is 3. The van der Waals surface area contributed by atoms with Crippen LogP contribution in [0.15, 0.2) is 47.5 Å². The molecule has 0 aliphatic carbocycles. The fourth-order valence-electron chi connectivity index (χ4n) is 2.28. The number of hydrogen-bond donors (Lipinski definition) is 2. The van der Waals surface area contributed by atoms with Gasteiger partial charge in [-0.1, -0.05) is 18.2 Å². The number of ether oxygens (including phenoxy) is 2. The highest BCUT2D eigenvalue weighted by Gasteiger charge is 2.11. The van der Waals surface area contributed by atoms with Gasteiger partial charge in [0.1, 0.15) is 0 Å². The Morgan fingerprint density at radius 3 is 2.68 bits per heavy atom. The van der Waals surface area contributed by atoms with Crippen LogP contribution in [0.3, 0.4) is 0 Å². The van der Waals surface area contributed by atoms with Crippen LogP contribution in [0.5, 0.6) is 11.5 Å². The highest BCUT2D eigenvalue weighted by atomic mass is 19.3. The normalized spacial score (nSPS) is 11.5. The van der Waals surface area contributed by atoms with Gasteiger partial charge in [0, 0.05) is 12.2 Å². The molecule has 0 saturated carbocycles. The zero-order valence-corrected chi connectivity index (χ0v) is 14.1. The number of anilines is 1. The van der Waals surface area contributed by atoms with E-state index in [4.69, 9.17) is 10.5 Å². The summed E-state index contributed by atoms with van der Waals surface area (Å²) in [6, 6.07) is 12.6. The molecule has 0 aliphatic heterocycles. The lowest BCUT2D eigenvalue weighted by molar-refractivity contribution is -0.0512. The Kier molecular flexibility index (Phi) is 6.56. The maximum atomic E-state index is 12.4. The van der Waals surface area contributed by atoms with Gasteiger partial charge in [-0.2, -0.15) is 8.78 Å². The quantitative estimate of drug-likeness (QED) is 0.592. The van der Waals surface area contributed by atoms with Crippen molar-refractivity contribution >= 4 is 11.6 Å². The second-order valence-corrected chi connectivity index (χ2v) is 5.38. The molecular weight excluding hydrogens is 328 g/mol. The molecule has 0 heterocycles. The largest absolute Gasteiger partial charge is 0.493 e. The zero-order valence-electron chi connectivity index (χ0n) is 14.1. The van der Waals surface area contributed by atoms with Gasteiger partial charge in [0.15, 0.2) is 17.5 Å². The van der Waals surface area contributed by atoms with Gasteiger partial charge >= 0.3 is 6.61 Å². The fourth-order valence-corrected chi connectivity index (χ4v) is 2.28. The molecule has 0 aromatic heterocycles. The molecule has 3 N–H and O–H groups in total. The Morgan fingerprint density at radius 2 is 2.00 bits per heavy atom. The second-order valence-electron chi connectivity index (χ2n) is 5.38. The lowest BCUT2D eigenvalue weighted by Crippen LogP contribution is -2.23. The predicted octanol–water partition coefficient (Wildman–Crippen LogP) is 3.57. The fraction of sp³-hybridized carbons (Fsp3) is 0.278. The van der Waals surface area contributed by atoms with Crippen molar-refractivity contribution in [2.24, 2.45) is 10.7 Å². The van der Waals surface area contributed by atoms with E-state index in [1.807, 2.05) is 31.2 Å². The number of guanidine groups is 1. The molecule has 2 aromatic rings. The first kappa shape index (κ1) is 18.5. The first-order valence-corrected chi connectivity index (χ1v) is 7.73. The number of aliphatic imine (C=N–C) groups is 1. The van der Waals surface area contributed by atoms with Crippen molar-refractivity contribution in [2.75, 3.05) is 19.0 Å². The molecule has 134 valence electrons. The lowest BCUT2D eigenvalue weighted by atomic mass is 10.1. The Bertz CT molecular complexity index is 736. The van der Waals surface area contributed by atoms with Crippen molar-refractivity contribution in [1.82, 2.24) is 0 Å². The van der Waals surface area contributed by atoms with Crippen molar-refractivity contribution in [2.45, 2.75) is 20.0 Å². The van der Waals surface area contributed by atoms with Crippen LogP contribution in [0.4, 0.5) is 14.5 Å². The smallest absolute Gasteiger partial charge is 0.387 e. The molecule has 0 aliphatic rings. The Hall–Kier alpha value is -2.83. The minimum absolute atomic E-state index is 0.00448. The summed E-state index contributed by atoms with van der Waals surface area (Å²) in [6.45, 7) is -0.511. The third-order valence-corrected chi connectivity index (χ3v) is 3.42. The molecule has 0 atom stereocenters. The summed E-state index contributed by atoms with van der Waals surface area (Å²) < 4.78 is 34.3. The lowest BCUT2D eigenvalue weighted by Gasteiger charge is -2.11. The average molecular weight is 349 g/mol. The van der Waals surface area contributed by atoms with Crippen LogP contribution in [-0.4, -0.2) is 26.2 Å². The van der Waals surface area contributed by atoms with Gasteiger partial charge in [-0.25, -0.2) is 0 Å². The van der Waals surface area contributed by atoms with E-state index in [0.29, 0.717) is 18.9 Å². The van der Waals surface area contributed by atoms with E-state index in [9.17, 15) is 8.78 Å². The summed E-state index contributed by atoms with van der Waals surface area (Å²) in [6.07, 6.45) is 0.528. The average Bonchev–Trinajstić information content (AvgIpc) is 2.54. The van der Waals surface area contributed by atoms with Crippen molar-refractivity contribution in [1.29, 1.82) is 0 Å². The Labute approximate surface area is 145 Å². The van der Waals surface area contributed by atoms with Crippen molar-refractivity contribution in [3.63, 3.8) is 0 Å². The van der Waals surface area contributed by atoms with Crippen LogP contribution in [0, 0.1) is 6.92 Å². The van der Waals surface area contributed by atoms with E-state index in [-0.39, 0.29) is 11.5 Å². The number of methoxy groups -OCH3 is 1. The number of alkyl halides is 2. The first-order chi connectivity index (χ1) is 12.0. The highest BCUT2D eigenvalue weighted by molar-refractivity contribution is 5.92. The summed E-state index contributed by atoms with van der Waals surface area (Å²) in [5, 5.41) is 3.01. The zero-order chi connectivity index (χ0) is 18.2. The Morgan fingerprint density at radius 1 is 1.20 bits per heavy atom. The number of nitrogens with two attached hydrogens (primary N) is 1. The van der Waals surface area contributed by atoms with E-state index in [1.54, 1.807) is 12.1 Å². The summed E-state index contributed by atoms with van der Waals surface area (Å²) in [4.78, 5) is 4.24. The summed E-state index contributed by atoms with van der Waals surface area (Å²) in [5.41, 5.74) is 8.62.